The van der Waals surface area contributed by atoms with Gasteiger partial charge in [0.25, 0.3) is 0 Å². The van der Waals surface area contributed by atoms with Crippen molar-refractivity contribution in [1.29, 1.82) is 0 Å². The van der Waals surface area contributed by atoms with Crippen molar-refractivity contribution in [2.24, 2.45) is 29.1 Å². The fourth-order valence-electron chi connectivity index (χ4n) is 5.46. The maximum atomic E-state index is 12.3. The van der Waals surface area contributed by atoms with E-state index >= 15 is 0 Å². The van der Waals surface area contributed by atoms with Crippen molar-refractivity contribution in [3.8, 4) is 0 Å². The molecule has 0 spiro atoms. The highest BCUT2D eigenvalue weighted by atomic mass is 16.6. The lowest BCUT2D eigenvalue weighted by Crippen LogP contribution is -2.51. The molecule has 29 heavy (non-hydrogen) atoms. The van der Waals surface area contributed by atoms with E-state index in [0.29, 0.717) is 0 Å². The van der Waals surface area contributed by atoms with Gasteiger partial charge in [-0.05, 0) is 5.92 Å². The predicted octanol–water partition coefficient (Wildman–Crippen LogP) is 0.981. The second-order valence-corrected chi connectivity index (χ2v) is 9.07. The molecule has 0 radical (unpaired) electrons. The van der Waals surface area contributed by atoms with Gasteiger partial charge in [-0.2, -0.15) is 0 Å². The van der Waals surface area contributed by atoms with Crippen molar-refractivity contribution in [1.82, 2.24) is 0 Å². The molecule has 0 aromatic carbocycles. The number of fused-ring (bicyclic) bond motifs is 2. The van der Waals surface area contributed by atoms with Crippen molar-refractivity contribution >= 4 is 17.9 Å². The molecule has 0 aromatic heterocycles. The number of esters is 3. The molecule has 8 heteroatoms. The average molecular weight is 410 g/mol. The van der Waals surface area contributed by atoms with Gasteiger partial charge < -0.3 is 24.4 Å². The molecule has 1 aliphatic heterocycles. The maximum absolute atomic E-state index is 12.3. The Kier molecular flexibility index (Phi) is 5.55. The third-order valence-corrected chi connectivity index (χ3v) is 6.97. The minimum Gasteiger partial charge on any atom is -0.462 e. The molecule has 8 nitrogen and oxygen atoms in total. The Balaban J connectivity index is 2.11. The Morgan fingerprint density at radius 2 is 1.90 bits per heavy atom. The van der Waals surface area contributed by atoms with E-state index in [1.54, 1.807) is 27.7 Å². The molecule has 1 heterocycles. The van der Waals surface area contributed by atoms with Crippen LogP contribution in [0, 0.1) is 29.1 Å². The van der Waals surface area contributed by atoms with Gasteiger partial charge in [-0.3, -0.25) is 9.59 Å². The first-order chi connectivity index (χ1) is 13.4. The van der Waals surface area contributed by atoms with Gasteiger partial charge in [0.05, 0.1) is 24.0 Å². The van der Waals surface area contributed by atoms with Gasteiger partial charge in [0, 0.05) is 30.3 Å². The summed E-state index contributed by atoms with van der Waals surface area (Å²) in [6.07, 6.45) is -4.53. The van der Waals surface area contributed by atoms with Crippen LogP contribution in [0.3, 0.4) is 0 Å². The lowest BCUT2D eigenvalue weighted by Gasteiger charge is -2.43. The fourth-order valence-corrected chi connectivity index (χ4v) is 5.46. The van der Waals surface area contributed by atoms with Crippen LogP contribution in [0.15, 0.2) is 12.2 Å². The third-order valence-electron chi connectivity index (χ3n) is 6.97. The minimum atomic E-state index is -1.10. The molecule has 9 unspecified atom stereocenters. The van der Waals surface area contributed by atoms with E-state index in [1.807, 2.05) is 0 Å². The Bertz CT molecular complexity index is 730. The van der Waals surface area contributed by atoms with Crippen molar-refractivity contribution < 1.29 is 38.8 Å². The summed E-state index contributed by atoms with van der Waals surface area (Å²) in [5.41, 5.74) is -0.978. The Morgan fingerprint density at radius 1 is 1.28 bits per heavy atom. The summed E-state index contributed by atoms with van der Waals surface area (Å²) in [5, 5.41) is 22.1. The number of rotatable bonds is 3. The van der Waals surface area contributed by atoms with Crippen LogP contribution in [0.2, 0.25) is 0 Å². The summed E-state index contributed by atoms with van der Waals surface area (Å²) < 4.78 is 16.7. The highest BCUT2D eigenvalue weighted by molar-refractivity contribution is 5.91. The van der Waals surface area contributed by atoms with Gasteiger partial charge in [0.1, 0.15) is 18.3 Å². The van der Waals surface area contributed by atoms with Gasteiger partial charge in [-0.25, -0.2) is 4.79 Å². The van der Waals surface area contributed by atoms with Crippen LogP contribution in [0.1, 0.15) is 41.0 Å². The number of ether oxygens (including phenoxy) is 3. The van der Waals surface area contributed by atoms with Crippen LogP contribution in [-0.2, 0) is 28.6 Å². The van der Waals surface area contributed by atoms with E-state index in [4.69, 9.17) is 14.2 Å². The number of aliphatic hydroxyl groups excluding tert-OH is 2. The molecule has 162 valence electrons. The molecular formula is C21H30O8. The van der Waals surface area contributed by atoms with E-state index in [-0.39, 0.29) is 17.9 Å². The second kappa shape index (κ2) is 7.40. The molecule has 1 saturated heterocycles. The average Bonchev–Trinajstić information content (AvgIpc) is 3.03. The lowest BCUT2D eigenvalue weighted by molar-refractivity contribution is -0.171. The van der Waals surface area contributed by atoms with E-state index in [2.05, 4.69) is 6.58 Å². The van der Waals surface area contributed by atoms with Crippen LogP contribution in [-0.4, -0.2) is 58.6 Å². The lowest BCUT2D eigenvalue weighted by atomic mass is 9.66. The van der Waals surface area contributed by atoms with Gasteiger partial charge >= 0.3 is 17.9 Å². The molecule has 0 bridgehead atoms. The summed E-state index contributed by atoms with van der Waals surface area (Å²) in [7, 11) is 0. The van der Waals surface area contributed by atoms with Crippen molar-refractivity contribution in [2.45, 2.75) is 71.6 Å². The third kappa shape index (κ3) is 3.26. The quantitative estimate of drug-likeness (QED) is 0.401. The molecule has 3 aliphatic rings. The summed E-state index contributed by atoms with van der Waals surface area (Å²) in [4.78, 5) is 36.4. The molecule has 9 atom stereocenters. The smallest absolute Gasteiger partial charge is 0.334 e. The van der Waals surface area contributed by atoms with Gasteiger partial charge in [-0.1, -0.05) is 34.3 Å². The zero-order valence-corrected chi connectivity index (χ0v) is 17.5. The number of carbonyl (C=O) groups excluding carboxylic acids is 3. The minimum absolute atomic E-state index is 0.101. The molecule has 0 aromatic rings. The van der Waals surface area contributed by atoms with Crippen molar-refractivity contribution in [3.05, 3.63) is 12.2 Å². The number of aliphatic hydroxyl groups is 2. The first-order valence-electron chi connectivity index (χ1n) is 10.0. The molecule has 2 aliphatic carbocycles. The number of carbonyl (C=O) groups is 3. The number of hydrogen-bond donors (Lipinski definition) is 2. The first-order valence-corrected chi connectivity index (χ1v) is 10.0. The largest absolute Gasteiger partial charge is 0.462 e. The SMILES string of the molecule is C=C1C(=O)OC2C(O)C(C)C3C(OC(=O)C(C)C)CC(O)C3(C)C(OC(C)=O)C12. The maximum Gasteiger partial charge on any atom is 0.334 e. The zero-order valence-electron chi connectivity index (χ0n) is 17.5. The van der Waals surface area contributed by atoms with Crippen LogP contribution >= 0.6 is 0 Å². The Hall–Kier alpha value is -1.93. The normalized spacial score (nSPS) is 44.0. The van der Waals surface area contributed by atoms with Gasteiger partial charge in [-0.15, -0.1) is 0 Å². The summed E-state index contributed by atoms with van der Waals surface area (Å²) in [6, 6.07) is 0. The van der Waals surface area contributed by atoms with E-state index in [1.165, 1.54) is 6.92 Å². The summed E-state index contributed by atoms with van der Waals surface area (Å²) >= 11 is 0. The second-order valence-electron chi connectivity index (χ2n) is 9.07. The highest BCUT2D eigenvalue weighted by Gasteiger charge is 2.68. The Labute approximate surface area is 170 Å². The first kappa shape index (κ1) is 21.8. The fraction of sp³-hybridized carbons (Fsp3) is 0.762. The molecule has 0 amide bonds. The highest BCUT2D eigenvalue weighted by Crippen LogP contribution is 2.58. The number of hydrogen-bond acceptors (Lipinski definition) is 8. The van der Waals surface area contributed by atoms with E-state index < -0.39 is 71.6 Å². The molecule has 2 saturated carbocycles. The molecule has 3 fully saturated rings. The van der Waals surface area contributed by atoms with Crippen LogP contribution in [0.25, 0.3) is 0 Å². The summed E-state index contributed by atoms with van der Waals surface area (Å²) in [6.45, 7) is 12.0. The Morgan fingerprint density at radius 3 is 2.45 bits per heavy atom. The van der Waals surface area contributed by atoms with Crippen LogP contribution in [0.4, 0.5) is 0 Å². The monoisotopic (exact) mass is 410 g/mol. The molecule has 3 rings (SSSR count). The topological polar surface area (TPSA) is 119 Å². The van der Waals surface area contributed by atoms with Crippen LogP contribution in [0.5, 0.6) is 0 Å². The van der Waals surface area contributed by atoms with E-state index in [0.717, 1.165) is 0 Å². The van der Waals surface area contributed by atoms with Crippen molar-refractivity contribution in [2.75, 3.05) is 0 Å². The molecule has 2 N–H and O–H groups in total. The van der Waals surface area contributed by atoms with Gasteiger partial charge in [0.2, 0.25) is 0 Å². The predicted molar refractivity (Wildman–Crippen MR) is 100 cm³/mol. The van der Waals surface area contributed by atoms with E-state index in [9.17, 15) is 24.6 Å². The van der Waals surface area contributed by atoms with Crippen LogP contribution < -0.4 is 0 Å². The zero-order chi connectivity index (χ0) is 21.8. The van der Waals surface area contributed by atoms with Crippen molar-refractivity contribution in [3.63, 3.8) is 0 Å². The molecular weight excluding hydrogens is 380 g/mol. The summed E-state index contributed by atoms with van der Waals surface area (Å²) in [5.74, 6) is -3.81. The standard InChI is InChI=1S/C21H30O8/c1-8(2)19(25)28-12-7-13(23)21(6)15(12)10(4)16(24)17-14(9(3)20(26)29-17)18(21)27-11(5)22/h8,10,12-18,23-24H,3,7H2,1-2,4-6H3. The van der Waals surface area contributed by atoms with Gasteiger partial charge in [0.15, 0.2) is 0 Å².